The number of halogens is 2. The average molecular weight is 423 g/mol. The maximum absolute atomic E-state index is 15.2. The molecular formula is C29H36F2. The first-order valence-corrected chi connectivity index (χ1v) is 12.3. The molecule has 0 radical (unpaired) electrons. The predicted octanol–water partition coefficient (Wildman–Crippen LogP) is 8.43. The number of allylic oxidation sites excluding steroid dienone is 2. The Bertz CT molecular complexity index is 895. The normalized spacial score (nSPS) is 23.8. The van der Waals surface area contributed by atoms with E-state index in [1.807, 2.05) is 0 Å². The molecule has 4 rings (SSSR count). The molecule has 1 atom stereocenters. The van der Waals surface area contributed by atoms with Crippen LogP contribution in [0.2, 0.25) is 0 Å². The molecule has 0 spiro atoms. The molecule has 2 aliphatic carbocycles. The Balaban J connectivity index is 1.48. The van der Waals surface area contributed by atoms with Crippen molar-refractivity contribution < 1.29 is 8.78 Å². The van der Waals surface area contributed by atoms with Gasteiger partial charge in [0.2, 0.25) is 0 Å². The van der Waals surface area contributed by atoms with Crippen LogP contribution >= 0.6 is 0 Å². The molecule has 1 fully saturated rings. The summed E-state index contributed by atoms with van der Waals surface area (Å²) in [6, 6.07) is 9.97. The van der Waals surface area contributed by atoms with Gasteiger partial charge < -0.3 is 0 Å². The second-order valence-corrected chi connectivity index (χ2v) is 9.67. The van der Waals surface area contributed by atoms with Crippen LogP contribution in [0.3, 0.4) is 0 Å². The summed E-state index contributed by atoms with van der Waals surface area (Å²) in [5.74, 6) is 0.379. The van der Waals surface area contributed by atoms with Crippen LogP contribution in [0.5, 0.6) is 0 Å². The van der Waals surface area contributed by atoms with Crippen molar-refractivity contribution >= 4 is 0 Å². The highest BCUT2D eigenvalue weighted by Crippen LogP contribution is 2.40. The van der Waals surface area contributed by atoms with Crippen LogP contribution in [0.15, 0.2) is 42.5 Å². The minimum Gasteiger partial charge on any atom is -0.207 e. The van der Waals surface area contributed by atoms with E-state index in [1.165, 1.54) is 36.0 Å². The molecule has 0 bridgehead atoms. The highest BCUT2D eigenvalue weighted by Gasteiger charge is 2.28. The van der Waals surface area contributed by atoms with Crippen molar-refractivity contribution in [2.45, 2.75) is 89.9 Å². The van der Waals surface area contributed by atoms with Crippen molar-refractivity contribution in [2.24, 2.45) is 5.92 Å². The molecule has 1 saturated carbocycles. The summed E-state index contributed by atoms with van der Waals surface area (Å²) in [6.45, 7) is 4.29. The number of aryl methyl sites for hydroxylation is 2. The molecular weight excluding hydrogens is 386 g/mol. The van der Waals surface area contributed by atoms with E-state index in [4.69, 9.17) is 0 Å². The standard InChI is InChI=1S/C29H36F2/c1-3-5-6-7-21-10-13-24-17-25(15-14-23(24)16-21)29-27(30)18-26(19-28(29)31)22-11-8-20(4-2)9-12-22/h3,5,10,13,16,18-20,22,25H,4,6-9,11-12,14-15,17H2,1-2H3/b5-3+. The lowest BCUT2D eigenvalue weighted by atomic mass is 9.76. The van der Waals surface area contributed by atoms with Gasteiger partial charge in [-0.25, -0.2) is 8.78 Å². The first-order valence-electron chi connectivity index (χ1n) is 12.3. The Morgan fingerprint density at radius 2 is 1.65 bits per heavy atom. The third-order valence-electron chi connectivity index (χ3n) is 7.74. The fourth-order valence-corrected chi connectivity index (χ4v) is 5.76. The number of benzene rings is 2. The minimum absolute atomic E-state index is 0.0637. The van der Waals surface area contributed by atoms with Crippen LogP contribution in [0.1, 0.15) is 98.4 Å². The van der Waals surface area contributed by atoms with Gasteiger partial charge in [0.15, 0.2) is 0 Å². The molecule has 0 nitrogen and oxygen atoms in total. The third-order valence-corrected chi connectivity index (χ3v) is 7.74. The van der Waals surface area contributed by atoms with Gasteiger partial charge >= 0.3 is 0 Å². The van der Waals surface area contributed by atoms with Gasteiger partial charge in [-0.2, -0.15) is 0 Å². The van der Waals surface area contributed by atoms with Crippen LogP contribution in [0, 0.1) is 17.6 Å². The van der Waals surface area contributed by atoms with E-state index in [2.05, 4.69) is 44.2 Å². The minimum atomic E-state index is -0.330. The van der Waals surface area contributed by atoms with Gasteiger partial charge in [-0.3, -0.25) is 0 Å². The summed E-state index contributed by atoms with van der Waals surface area (Å²) in [5.41, 5.74) is 5.16. The summed E-state index contributed by atoms with van der Waals surface area (Å²) < 4.78 is 30.3. The van der Waals surface area contributed by atoms with Gasteiger partial charge in [0.1, 0.15) is 11.6 Å². The quantitative estimate of drug-likeness (QED) is 0.410. The molecule has 2 aromatic carbocycles. The van der Waals surface area contributed by atoms with Gasteiger partial charge in [-0.15, -0.1) is 0 Å². The lowest BCUT2D eigenvalue weighted by molar-refractivity contribution is 0.317. The van der Waals surface area contributed by atoms with E-state index in [0.29, 0.717) is 11.5 Å². The zero-order chi connectivity index (χ0) is 21.8. The molecule has 2 heteroatoms. The van der Waals surface area contributed by atoms with Gasteiger partial charge in [-0.05, 0) is 117 Å². The lowest BCUT2D eigenvalue weighted by Crippen LogP contribution is -2.17. The Morgan fingerprint density at radius 1 is 0.903 bits per heavy atom. The van der Waals surface area contributed by atoms with Crippen molar-refractivity contribution in [2.75, 3.05) is 0 Å². The SMILES string of the molecule is C/C=C/CCc1ccc2c(c1)CCC(c1c(F)cc(C3CCC(CC)CC3)cc1F)C2. The molecule has 0 amide bonds. The largest absolute Gasteiger partial charge is 0.207 e. The molecule has 0 aromatic heterocycles. The van der Waals surface area contributed by atoms with E-state index in [9.17, 15) is 0 Å². The van der Waals surface area contributed by atoms with Crippen molar-refractivity contribution in [3.63, 3.8) is 0 Å². The van der Waals surface area contributed by atoms with Crippen LogP contribution in [-0.2, 0) is 19.3 Å². The van der Waals surface area contributed by atoms with Gasteiger partial charge in [0.05, 0.1) is 0 Å². The molecule has 1 unspecified atom stereocenters. The first-order chi connectivity index (χ1) is 15.1. The maximum atomic E-state index is 15.2. The molecule has 2 aromatic rings. The summed E-state index contributed by atoms with van der Waals surface area (Å²) in [5, 5.41) is 0. The van der Waals surface area contributed by atoms with Gasteiger partial charge in [0.25, 0.3) is 0 Å². The molecule has 166 valence electrons. The topological polar surface area (TPSA) is 0 Å². The highest BCUT2D eigenvalue weighted by atomic mass is 19.1. The number of fused-ring (bicyclic) bond motifs is 1. The van der Waals surface area contributed by atoms with E-state index in [-0.39, 0.29) is 17.6 Å². The monoisotopic (exact) mass is 422 g/mol. The van der Waals surface area contributed by atoms with Gasteiger partial charge in [0, 0.05) is 5.56 Å². The summed E-state index contributed by atoms with van der Waals surface area (Å²) in [7, 11) is 0. The number of rotatable bonds is 6. The lowest BCUT2D eigenvalue weighted by Gasteiger charge is -2.29. The zero-order valence-electron chi connectivity index (χ0n) is 19.1. The van der Waals surface area contributed by atoms with Crippen LogP contribution in [-0.4, -0.2) is 0 Å². The molecule has 31 heavy (non-hydrogen) atoms. The van der Waals surface area contributed by atoms with Crippen molar-refractivity contribution in [3.05, 3.63) is 81.9 Å². The molecule has 0 heterocycles. The van der Waals surface area contributed by atoms with E-state index in [0.717, 1.165) is 56.4 Å². The Labute approximate surface area is 186 Å². The molecule has 0 N–H and O–H groups in total. The average Bonchev–Trinajstić information content (AvgIpc) is 2.79. The van der Waals surface area contributed by atoms with Crippen molar-refractivity contribution in [1.82, 2.24) is 0 Å². The third kappa shape index (κ3) is 5.10. The summed E-state index contributed by atoms with van der Waals surface area (Å²) in [4.78, 5) is 0. The highest BCUT2D eigenvalue weighted by molar-refractivity contribution is 5.39. The zero-order valence-corrected chi connectivity index (χ0v) is 19.1. The smallest absolute Gasteiger partial charge is 0.129 e. The number of hydrogen-bond acceptors (Lipinski definition) is 0. The van der Waals surface area contributed by atoms with Crippen molar-refractivity contribution in [1.29, 1.82) is 0 Å². The maximum Gasteiger partial charge on any atom is 0.129 e. The molecule has 0 saturated heterocycles. The fourth-order valence-electron chi connectivity index (χ4n) is 5.76. The Kier molecular flexibility index (Phi) is 7.25. The van der Waals surface area contributed by atoms with E-state index < -0.39 is 0 Å². The Hall–Kier alpha value is -1.96. The predicted molar refractivity (Wildman–Crippen MR) is 126 cm³/mol. The van der Waals surface area contributed by atoms with Crippen LogP contribution < -0.4 is 0 Å². The number of hydrogen-bond donors (Lipinski definition) is 0. The van der Waals surface area contributed by atoms with Crippen LogP contribution in [0.25, 0.3) is 0 Å². The molecule has 0 aliphatic heterocycles. The van der Waals surface area contributed by atoms with Gasteiger partial charge in [-0.1, -0.05) is 43.7 Å². The molecule has 2 aliphatic rings. The van der Waals surface area contributed by atoms with Crippen molar-refractivity contribution in [3.8, 4) is 0 Å². The first kappa shape index (κ1) is 22.2. The second kappa shape index (κ2) is 10.1. The summed E-state index contributed by atoms with van der Waals surface area (Å²) in [6.07, 6.45) is 14.5. The Morgan fingerprint density at radius 3 is 2.32 bits per heavy atom. The second-order valence-electron chi connectivity index (χ2n) is 9.67. The fraction of sp³-hybridized carbons (Fsp3) is 0.517. The van der Waals surface area contributed by atoms with E-state index in [1.54, 1.807) is 12.1 Å². The van der Waals surface area contributed by atoms with Crippen LogP contribution in [0.4, 0.5) is 8.78 Å². The van der Waals surface area contributed by atoms with E-state index >= 15 is 8.78 Å². The summed E-state index contributed by atoms with van der Waals surface area (Å²) >= 11 is 0.